The molecule has 5 rings (SSSR count). The Balaban J connectivity index is 1.79. The Morgan fingerprint density at radius 2 is 1.54 bits per heavy atom. The molecule has 0 nitrogen and oxygen atoms in total. The zero-order chi connectivity index (χ0) is 30.2. The van der Waals surface area contributed by atoms with Gasteiger partial charge in [0.1, 0.15) is 0 Å². The number of hydrogen-bond donors (Lipinski definition) is 0. The van der Waals surface area contributed by atoms with Gasteiger partial charge in [0.2, 0.25) is 0 Å². The largest absolute Gasteiger partial charge is 0.100 e. The van der Waals surface area contributed by atoms with Crippen LogP contribution in [0, 0.1) is 30.1 Å². The molecule has 0 heteroatoms. The second-order valence-electron chi connectivity index (χ2n) is 14.6. The van der Waals surface area contributed by atoms with E-state index in [4.69, 9.17) is 13.2 Å². The summed E-state index contributed by atoms with van der Waals surface area (Å²) in [6.07, 6.45) is 5.24. The molecule has 3 aliphatic carbocycles. The lowest BCUT2D eigenvalue weighted by Gasteiger charge is -2.62. The lowest BCUT2D eigenvalue weighted by Crippen LogP contribution is -2.52. The van der Waals surface area contributed by atoms with Crippen LogP contribution in [0.15, 0.2) is 95.7 Å². The molecule has 0 fully saturated rings. The summed E-state index contributed by atoms with van der Waals surface area (Å²) in [4.78, 5) is 0. The molecule has 0 aliphatic heterocycles. The van der Waals surface area contributed by atoms with Crippen LogP contribution in [0.4, 0.5) is 0 Å². The molecular formula is C41H50. The number of aryl methyl sites for hydroxylation is 2. The number of hydrogen-bond acceptors (Lipinski definition) is 0. The van der Waals surface area contributed by atoms with E-state index in [0.29, 0.717) is 0 Å². The van der Waals surface area contributed by atoms with Crippen molar-refractivity contribution in [2.24, 2.45) is 16.2 Å². The predicted molar refractivity (Wildman–Crippen MR) is 180 cm³/mol. The highest BCUT2D eigenvalue weighted by molar-refractivity contribution is 5.90. The standard InChI is InChI=1S/C41H50/c1-24(2)14-17-33-20-34(32-18-15-26(5)16-19-32)35-22-39(11)23-40(12)21-27(6)36(25(3)4)30(9)41(40,13)31(10)38(39)29(8)37(35)28(33)7/h15-16,18-20H,1,3,8-9,14,17,21-23H2,2,4-7,10-13H3/t39-,40+,41-/m1/s1. The monoisotopic (exact) mass is 542 g/mol. The Hall–Kier alpha value is -3.12. The van der Waals surface area contributed by atoms with Gasteiger partial charge < -0.3 is 0 Å². The van der Waals surface area contributed by atoms with Crippen LogP contribution in [0.1, 0.15) is 95.5 Å². The predicted octanol–water partition coefficient (Wildman–Crippen LogP) is 11.6. The fourth-order valence-corrected chi connectivity index (χ4v) is 9.25. The summed E-state index contributed by atoms with van der Waals surface area (Å²) in [6, 6.07) is 11.6. The SMILES string of the molecule is C=C(C)CCc1cc(-c2ccc(C)cc2)c2c(c1C)C(=C)C1=C(C)[C@@]3(C)C(=C)C(C(=C)C)=C(C)C[C@@]3(C)C[C@@]1(C)C2. The normalized spacial score (nSPS) is 27.4. The highest BCUT2D eigenvalue weighted by atomic mass is 14.6. The van der Waals surface area contributed by atoms with Crippen molar-refractivity contribution in [3.8, 4) is 11.1 Å². The van der Waals surface area contributed by atoms with Crippen LogP contribution in [0.3, 0.4) is 0 Å². The molecular weight excluding hydrogens is 492 g/mol. The first-order valence-electron chi connectivity index (χ1n) is 15.4. The Morgan fingerprint density at radius 1 is 0.902 bits per heavy atom. The lowest BCUT2D eigenvalue weighted by molar-refractivity contribution is 0.0544. The van der Waals surface area contributed by atoms with Gasteiger partial charge in [-0.25, -0.2) is 0 Å². The van der Waals surface area contributed by atoms with Crippen LogP contribution in [-0.2, 0) is 12.8 Å². The average molecular weight is 543 g/mol. The molecule has 2 aromatic rings. The molecule has 0 amide bonds. The van der Waals surface area contributed by atoms with E-state index < -0.39 is 0 Å². The first kappa shape index (κ1) is 29.4. The van der Waals surface area contributed by atoms with Crippen molar-refractivity contribution in [3.05, 3.63) is 123 Å². The quantitative estimate of drug-likeness (QED) is 0.330. The molecule has 41 heavy (non-hydrogen) atoms. The molecule has 0 aromatic heterocycles. The molecule has 0 heterocycles. The highest BCUT2D eigenvalue weighted by Crippen LogP contribution is 2.70. The third-order valence-corrected chi connectivity index (χ3v) is 11.3. The van der Waals surface area contributed by atoms with Crippen molar-refractivity contribution in [2.45, 2.75) is 94.4 Å². The maximum absolute atomic E-state index is 4.93. The van der Waals surface area contributed by atoms with Crippen LogP contribution >= 0.6 is 0 Å². The fraction of sp³-hybridized carbons (Fsp3) is 0.415. The summed E-state index contributed by atoms with van der Waals surface area (Å²) in [6.45, 7) is 39.3. The van der Waals surface area contributed by atoms with Gasteiger partial charge in [0.15, 0.2) is 0 Å². The van der Waals surface area contributed by atoms with Crippen molar-refractivity contribution >= 4 is 5.57 Å². The Bertz CT molecular complexity index is 1600. The second-order valence-corrected chi connectivity index (χ2v) is 14.6. The van der Waals surface area contributed by atoms with Gasteiger partial charge in [-0.1, -0.05) is 98.7 Å². The molecule has 0 saturated carbocycles. The van der Waals surface area contributed by atoms with E-state index in [1.165, 1.54) is 78.0 Å². The average Bonchev–Trinajstić information content (AvgIpc) is 2.86. The Kier molecular flexibility index (Phi) is 6.97. The van der Waals surface area contributed by atoms with E-state index in [1.807, 2.05) is 0 Å². The van der Waals surface area contributed by atoms with Gasteiger partial charge in [0, 0.05) is 5.41 Å². The first-order valence-corrected chi connectivity index (χ1v) is 15.4. The van der Waals surface area contributed by atoms with Crippen LogP contribution in [-0.4, -0.2) is 0 Å². The number of rotatable bonds is 5. The van der Waals surface area contributed by atoms with E-state index in [-0.39, 0.29) is 16.2 Å². The van der Waals surface area contributed by atoms with Crippen LogP contribution < -0.4 is 0 Å². The smallest absolute Gasteiger partial charge is 0.0194 e. The van der Waals surface area contributed by atoms with Crippen molar-refractivity contribution in [3.63, 3.8) is 0 Å². The van der Waals surface area contributed by atoms with Gasteiger partial charge in [-0.05, 0) is 140 Å². The summed E-state index contributed by atoms with van der Waals surface area (Å²) >= 11 is 0. The molecule has 0 N–H and O–H groups in total. The minimum absolute atomic E-state index is 0.00875. The van der Waals surface area contributed by atoms with Crippen molar-refractivity contribution in [1.82, 2.24) is 0 Å². The van der Waals surface area contributed by atoms with E-state index >= 15 is 0 Å². The molecule has 0 spiro atoms. The molecule has 214 valence electrons. The molecule has 3 aliphatic rings. The van der Waals surface area contributed by atoms with Gasteiger partial charge in [0.05, 0.1) is 0 Å². The van der Waals surface area contributed by atoms with Gasteiger partial charge >= 0.3 is 0 Å². The summed E-state index contributed by atoms with van der Waals surface area (Å²) in [5.41, 5.74) is 20.1. The van der Waals surface area contributed by atoms with E-state index in [2.05, 4.69) is 106 Å². The molecule has 0 saturated heterocycles. The minimum atomic E-state index is -0.138. The first-order chi connectivity index (χ1) is 19.1. The lowest BCUT2D eigenvalue weighted by atomic mass is 9.41. The number of fused-ring (bicyclic) bond motifs is 3. The molecule has 0 radical (unpaired) electrons. The van der Waals surface area contributed by atoms with Crippen LogP contribution in [0.25, 0.3) is 16.7 Å². The van der Waals surface area contributed by atoms with Crippen LogP contribution in [0.2, 0.25) is 0 Å². The molecule has 3 atom stereocenters. The summed E-state index contributed by atoms with van der Waals surface area (Å²) in [7, 11) is 0. The van der Waals surface area contributed by atoms with E-state index in [0.717, 1.165) is 37.7 Å². The van der Waals surface area contributed by atoms with Crippen molar-refractivity contribution in [2.75, 3.05) is 0 Å². The zero-order valence-corrected chi connectivity index (χ0v) is 27.3. The Morgan fingerprint density at radius 3 is 2.12 bits per heavy atom. The molecule has 2 aromatic carbocycles. The molecule has 0 bridgehead atoms. The maximum atomic E-state index is 4.93. The summed E-state index contributed by atoms with van der Waals surface area (Å²) < 4.78 is 0. The Labute approximate surface area is 250 Å². The van der Waals surface area contributed by atoms with Gasteiger partial charge in [-0.3, -0.25) is 0 Å². The van der Waals surface area contributed by atoms with Crippen LogP contribution in [0.5, 0.6) is 0 Å². The van der Waals surface area contributed by atoms with Gasteiger partial charge in [0.25, 0.3) is 0 Å². The zero-order valence-electron chi connectivity index (χ0n) is 27.3. The third kappa shape index (κ3) is 4.24. The van der Waals surface area contributed by atoms with Gasteiger partial charge in [-0.2, -0.15) is 0 Å². The van der Waals surface area contributed by atoms with Crippen molar-refractivity contribution < 1.29 is 0 Å². The number of allylic oxidation sites excluding steroid dienone is 8. The minimum Gasteiger partial charge on any atom is -0.100 e. The topological polar surface area (TPSA) is 0 Å². The second kappa shape index (κ2) is 9.72. The maximum Gasteiger partial charge on any atom is 0.0194 e. The summed E-state index contributed by atoms with van der Waals surface area (Å²) in [5, 5.41) is 0. The third-order valence-electron chi connectivity index (χ3n) is 11.3. The molecule has 0 unspecified atom stereocenters. The fourth-order valence-electron chi connectivity index (χ4n) is 9.25. The van der Waals surface area contributed by atoms with E-state index in [1.54, 1.807) is 0 Å². The number of benzene rings is 2. The summed E-state index contributed by atoms with van der Waals surface area (Å²) in [5.74, 6) is 0. The van der Waals surface area contributed by atoms with Crippen molar-refractivity contribution in [1.29, 1.82) is 0 Å². The highest BCUT2D eigenvalue weighted by Gasteiger charge is 2.59. The van der Waals surface area contributed by atoms with Gasteiger partial charge in [-0.15, -0.1) is 6.58 Å². The van der Waals surface area contributed by atoms with E-state index in [9.17, 15) is 0 Å².